The summed E-state index contributed by atoms with van der Waals surface area (Å²) in [6.07, 6.45) is 6.77. The van der Waals surface area contributed by atoms with Crippen LogP contribution >= 0.6 is 0 Å². The molecule has 184 valence electrons. The summed E-state index contributed by atoms with van der Waals surface area (Å²) >= 11 is 0. The van der Waals surface area contributed by atoms with Gasteiger partial charge in [-0.15, -0.1) is 0 Å². The van der Waals surface area contributed by atoms with Crippen molar-refractivity contribution in [3.63, 3.8) is 0 Å². The Balaban J connectivity index is 1.30. The van der Waals surface area contributed by atoms with Gasteiger partial charge >= 0.3 is 5.97 Å². The van der Waals surface area contributed by atoms with E-state index in [0.717, 1.165) is 19.3 Å². The number of anilines is 1. The van der Waals surface area contributed by atoms with E-state index in [4.69, 9.17) is 9.15 Å². The summed E-state index contributed by atoms with van der Waals surface area (Å²) in [6.45, 7) is 0.374. The van der Waals surface area contributed by atoms with E-state index in [1.54, 1.807) is 29.2 Å². The zero-order valence-corrected chi connectivity index (χ0v) is 19.7. The van der Waals surface area contributed by atoms with E-state index >= 15 is 0 Å². The molecule has 0 saturated carbocycles. The van der Waals surface area contributed by atoms with Crippen molar-refractivity contribution < 1.29 is 27.2 Å². The highest BCUT2D eigenvalue weighted by atomic mass is 32.2. The Morgan fingerprint density at radius 2 is 2.00 bits per heavy atom. The Morgan fingerprint density at radius 1 is 1.11 bits per heavy atom. The fraction of sp³-hybridized carbons (Fsp3) is 0.304. The summed E-state index contributed by atoms with van der Waals surface area (Å²) in [6, 6.07) is 10.6. The molecule has 0 fully saturated rings. The highest BCUT2D eigenvalue weighted by Gasteiger charge is 2.19. The van der Waals surface area contributed by atoms with Crippen LogP contribution in [0.25, 0.3) is 0 Å². The summed E-state index contributed by atoms with van der Waals surface area (Å²) in [5.41, 5.74) is 0.247. The Labute approximate surface area is 202 Å². The first-order valence-corrected chi connectivity index (χ1v) is 12.6. The number of benzene rings is 1. The molecule has 1 aliphatic rings. The highest BCUT2D eigenvalue weighted by Crippen LogP contribution is 2.17. The number of aromatic nitrogens is 2. The van der Waals surface area contributed by atoms with Crippen LogP contribution in [0.4, 0.5) is 5.69 Å². The zero-order chi connectivity index (χ0) is 24.7. The van der Waals surface area contributed by atoms with Gasteiger partial charge in [0.2, 0.25) is 5.76 Å². The van der Waals surface area contributed by atoms with Crippen LogP contribution in [0.5, 0.6) is 0 Å². The normalized spacial score (nSPS) is 14.0. The first-order chi connectivity index (χ1) is 16.9. The average Bonchev–Trinajstić information content (AvgIpc) is 3.46. The molecule has 0 atom stereocenters. The number of ether oxygens (including phenoxy) is 1. The van der Waals surface area contributed by atoms with E-state index < -0.39 is 28.5 Å². The van der Waals surface area contributed by atoms with Gasteiger partial charge in [-0.3, -0.25) is 19.2 Å². The standard InChI is InChI=1S/C23H25N5O6S/c29-22(16-33-23(30)20-10-9-18(34-20)15-28-13-5-12-25-28)26-17-6-4-7-19(14-17)35(31,32)27-21-8-2-1-3-11-24-21/h4-7,9-10,12-14H,1-3,8,11,15-16H2,(H,24,27)(H,26,29). The minimum atomic E-state index is -3.85. The van der Waals surface area contributed by atoms with E-state index in [1.807, 2.05) is 0 Å². The molecule has 0 unspecified atom stereocenters. The van der Waals surface area contributed by atoms with Gasteiger partial charge in [0.1, 0.15) is 11.6 Å². The molecule has 35 heavy (non-hydrogen) atoms. The topological polar surface area (TPSA) is 145 Å². The van der Waals surface area contributed by atoms with Crippen LogP contribution in [-0.2, 0) is 26.1 Å². The largest absolute Gasteiger partial charge is 0.452 e. The number of aliphatic imine (C=N–C) groups is 1. The number of hydrogen-bond acceptors (Lipinski definition) is 8. The van der Waals surface area contributed by atoms with Gasteiger partial charge in [0.05, 0.1) is 11.4 Å². The van der Waals surface area contributed by atoms with Gasteiger partial charge in [-0.25, -0.2) is 13.2 Å². The maximum atomic E-state index is 12.7. The number of esters is 1. The number of hydrogen-bond donors (Lipinski definition) is 2. The van der Waals surface area contributed by atoms with Gasteiger partial charge in [0.25, 0.3) is 15.9 Å². The Hall–Kier alpha value is -3.93. The third kappa shape index (κ3) is 6.79. The van der Waals surface area contributed by atoms with Crippen LogP contribution in [0, 0.1) is 0 Å². The molecule has 0 aliphatic carbocycles. The first kappa shape index (κ1) is 24.2. The lowest BCUT2D eigenvalue weighted by Gasteiger charge is -2.11. The van der Waals surface area contributed by atoms with E-state index in [2.05, 4.69) is 20.1 Å². The molecular formula is C23H25N5O6S. The van der Waals surface area contributed by atoms with Gasteiger partial charge in [0, 0.05) is 31.0 Å². The smallest absolute Gasteiger partial charge is 0.374 e. The molecule has 2 N–H and O–H groups in total. The van der Waals surface area contributed by atoms with Gasteiger partial charge in [0.15, 0.2) is 6.61 Å². The number of rotatable bonds is 8. The predicted octanol–water partition coefficient (Wildman–Crippen LogP) is 2.57. The molecule has 0 radical (unpaired) electrons. The quantitative estimate of drug-likeness (QED) is 0.453. The minimum Gasteiger partial charge on any atom is -0.452 e. The third-order valence-electron chi connectivity index (χ3n) is 5.13. The lowest BCUT2D eigenvalue weighted by atomic mass is 10.2. The lowest BCUT2D eigenvalue weighted by Crippen LogP contribution is -2.30. The van der Waals surface area contributed by atoms with Crippen LogP contribution in [0.15, 0.2) is 69.2 Å². The van der Waals surface area contributed by atoms with Gasteiger partial charge in [-0.05, 0) is 49.2 Å². The van der Waals surface area contributed by atoms with Crippen molar-refractivity contribution in [1.82, 2.24) is 14.5 Å². The summed E-state index contributed by atoms with van der Waals surface area (Å²) in [4.78, 5) is 28.7. The van der Waals surface area contributed by atoms with Crippen molar-refractivity contribution in [2.45, 2.75) is 37.1 Å². The number of carbonyl (C=O) groups is 2. The Bertz CT molecular complexity index is 1310. The lowest BCUT2D eigenvalue weighted by molar-refractivity contribution is -0.119. The predicted molar refractivity (Wildman–Crippen MR) is 126 cm³/mol. The first-order valence-electron chi connectivity index (χ1n) is 11.1. The van der Waals surface area contributed by atoms with Gasteiger partial charge < -0.3 is 14.5 Å². The van der Waals surface area contributed by atoms with Crippen molar-refractivity contribution in [2.75, 3.05) is 18.5 Å². The molecule has 3 aromatic rings. The van der Waals surface area contributed by atoms with E-state index in [9.17, 15) is 18.0 Å². The molecule has 4 rings (SSSR count). The molecular weight excluding hydrogens is 474 g/mol. The number of sulfonamides is 1. The summed E-state index contributed by atoms with van der Waals surface area (Å²) < 4.78 is 40.1. The van der Waals surface area contributed by atoms with Crippen molar-refractivity contribution >= 4 is 33.4 Å². The number of nitrogens with zero attached hydrogens (tertiary/aromatic N) is 3. The second-order valence-electron chi connectivity index (χ2n) is 7.87. The number of furan rings is 1. The number of amidine groups is 1. The molecule has 12 heteroatoms. The number of nitrogens with one attached hydrogen (secondary N) is 2. The van der Waals surface area contributed by atoms with Crippen molar-refractivity contribution in [1.29, 1.82) is 0 Å². The highest BCUT2D eigenvalue weighted by molar-refractivity contribution is 7.90. The second kappa shape index (κ2) is 11.0. The fourth-order valence-electron chi connectivity index (χ4n) is 3.44. The Morgan fingerprint density at radius 3 is 2.83 bits per heavy atom. The van der Waals surface area contributed by atoms with E-state index in [-0.39, 0.29) is 16.3 Å². The summed E-state index contributed by atoms with van der Waals surface area (Å²) in [5, 5.41) is 6.59. The third-order valence-corrected chi connectivity index (χ3v) is 6.51. The Kier molecular flexibility index (Phi) is 7.60. The summed E-state index contributed by atoms with van der Waals surface area (Å²) in [5.74, 6) is -0.518. The summed E-state index contributed by atoms with van der Waals surface area (Å²) in [7, 11) is -3.85. The number of carbonyl (C=O) groups excluding carboxylic acids is 2. The van der Waals surface area contributed by atoms with Crippen LogP contribution in [0.2, 0.25) is 0 Å². The molecule has 2 aromatic heterocycles. The second-order valence-corrected chi connectivity index (χ2v) is 9.55. The SMILES string of the molecule is O=C(COC(=O)c1ccc(Cn2cccn2)o1)Nc1cccc(S(=O)(=O)NC2=NCCCCC2)c1. The van der Waals surface area contributed by atoms with Crippen LogP contribution in [-0.4, -0.2) is 49.1 Å². The van der Waals surface area contributed by atoms with E-state index in [1.165, 1.54) is 30.3 Å². The molecule has 1 aliphatic heterocycles. The molecule has 11 nitrogen and oxygen atoms in total. The fourth-order valence-corrected chi connectivity index (χ4v) is 4.57. The molecule has 0 saturated heterocycles. The minimum absolute atomic E-state index is 0.0143. The van der Waals surface area contributed by atoms with Crippen LogP contribution in [0.1, 0.15) is 42.0 Å². The number of amides is 1. The molecule has 0 bridgehead atoms. The monoisotopic (exact) mass is 499 g/mol. The zero-order valence-electron chi connectivity index (χ0n) is 18.8. The van der Waals surface area contributed by atoms with Gasteiger partial charge in [-0.1, -0.05) is 12.5 Å². The van der Waals surface area contributed by atoms with E-state index in [0.29, 0.717) is 31.1 Å². The van der Waals surface area contributed by atoms with Gasteiger partial charge in [-0.2, -0.15) is 5.10 Å². The molecule has 0 spiro atoms. The van der Waals surface area contributed by atoms with Crippen molar-refractivity contribution in [3.8, 4) is 0 Å². The van der Waals surface area contributed by atoms with Crippen molar-refractivity contribution in [2.24, 2.45) is 4.99 Å². The molecule has 1 amide bonds. The molecule has 1 aromatic carbocycles. The maximum absolute atomic E-state index is 12.7. The maximum Gasteiger partial charge on any atom is 0.374 e. The average molecular weight is 500 g/mol. The van der Waals surface area contributed by atoms with Crippen molar-refractivity contribution in [3.05, 3.63) is 66.4 Å². The van der Waals surface area contributed by atoms with Crippen LogP contribution in [0.3, 0.4) is 0 Å². The molecule has 3 heterocycles. The van der Waals surface area contributed by atoms with Crippen LogP contribution < -0.4 is 10.0 Å².